The van der Waals surface area contributed by atoms with E-state index in [2.05, 4.69) is 4.72 Å². The van der Waals surface area contributed by atoms with E-state index in [1.807, 2.05) is 32.1 Å². The number of hydrogen-bond acceptors (Lipinski definition) is 10. The second-order valence-corrected chi connectivity index (χ2v) is 20.8. The van der Waals surface area contributed by atoms with Crippen LogP contribution in [0, 0.1) is 23.2 Å². The van der Waals surface area contributed by atoms with Gasteiger partial charge in [-0.15, -0.1) is 0 Å². The SMILES string of the molecule is COc1ccc2nc(C3CC3)c3c(c2c1)[C@H](F)C[C@]1(C[C@H]2C(=O)C[C@]4(C(=O)NS(=O)(=O)C5(C)CC5)C[C@H]4/C=C\CCCCC[C@H](CC(=O)OCC(C)C)C(=O)N2C1)O3. The first-order valence-corrected chi connectivity index (χ1v) is 22.6. The van der Waals surface area contributed by atoms with Crippen LogP contribution < -0.4 is 14.2 Å². The van der Waals surface area contributed by atoms with Crippen LogP contribution in [0.5, 0.6) is 11.5 Å². The first-order valence-electron chi connectivity index (χ1n) is 21.1. The number of pyridine rings is 1. The Balaban J connectivity index is 1.16. The zero-order valence-electron chi connectivity index (χ0n) is 34.0. The molecule has 3 aliphatic carbocycles. The van der Waals surface area contributed by atoms with Crippen molar-refractivity contribution >= 4 is 44.5 Å². The number of methoxy groups -OCH3 is 1. The topological polar surface area (TPSA) is 158 Å². The molecule has 0 bridgehead atoms. The molecule has 1 aromatic carbocycles. The fourth-order valence-corrected chi connectivity index (χ4v) is 10.7. The molecule has 1 aromatic heterocycles. The molecular weight excluding hydrogens is 766 g/mol. The number of carbonyl (C=O) groups is 4. The quantitative estimate of drug-likeness (QED) is 0.208. The van der Waals surface area contributed by atoms with Gasteiger partial charge >= 0.3 is 5.97 Å². The van der Waals surface area contributed by atoms with Crippen molar-refractivity contribution in [3.8, 4) is 11.5 Å². The lowest BCUT2D eigenvalue weighted by Crippen LogP contribution is -2.48. The molecule has 2 amide bonds. The number of ether oxygens (including phenoxy) is 3. The summed E-state index contributed by atoms with van der Waals surface area (Å²) in [6, 6.07) is 4.26. The van der Waals surface area contributed by atoms with E-state index < -0.39 is 67.5 Å². The van der Waals surface area contributed by atoms with Crippen molar-refractivity contribution in [1.29, 1.82) is 0 Å². The van der Waals surface area contributed by atoms with Gasteiger partial charge < -0.3 is 19.1 Å². The molecule has 6 aliphatic rings. The number of halogens is 1. The van der Waals surface area contributed by atoms with E-state index in [1.54, 1.807) is 26.2 Å². The lowest BCUT2D eigenvalue weighted by Gasteiger charge is -2.38. The molecule has 2 aromatic rings. The van der Waals surface area contributed by atoms with Crippen molar-refractivity contribution in [2.75, 3.05) is 20.3 Å². The molecule has 3 saturated carbocycles. The van der Waals surface area contributed by atoms with Crippen LogP contribution in [0.2, 0.25) is 0 Å². The summed E-state index contributed by atoms with van der Waals surface area (Å²) in [5, 5.41) is 0.580. The molecule has 3 aliphatic heterocycles. The summed E-state index contributed by atoms with van der Waals surface area (Å²) in [6.45, 7) is 5.57. The van der Waals surface area contributed by atoms with Gasteiger partial charge in [0.1, 0.15) is 23.3 Å². The maximum atomic E-state index is 17.1. The molecule has 4 heterocycles. The van der Waals surface area contributed by atoms with Gasteiger partial charge in [0.15, 0.2) is 5.78 Å². The zero-order valence-corrected chi connectivity index (χ0v) is 34.8. The average molecular weight is 822 g/mol. The first-order chi connectivity index (χ1) is 27.6. The highest BCUT2D eigenvalue weighted by atomic mass is 32.2. The third kappa shape index (κ3) is 7.74. The predicted octanol–water partition coefficient (Wildman–Crippen LogP) is 6.94. The summed E-state index contributed by atoms with van der Waals surface area (Å²) in [7, 11) is -2.44. The Morgan fingerprint density at radius 2 is 1.86 bits per heavy atom. The molecule has 12 nitrogen and oxygen atoms in total. The summed E-state index contributed by atoms with van der Waals surface area (Å²) in [4.78, 5) is 63.4. The van der Waals surface area contributed by atoms with Crippen LogP contribution in [0.3, 0.4) is 0 Å². The molecule has 0 radical (unpaired) electrons. The number of aromatic nitrogens is 1. The molecule has 1 N–H and O–H groups in total. The van der Waals surface area contributed by atoms with Gasteiger partial charge in [0.2, 0.25) is 21.8 Å². The van der Waals surface area contributed by atoms with Crippen LogP contribution in [-0.2, 0) is 33.9 Å². The number of fused-ring (bicyclic) bond motifs is 5. The molecule has 58 heavy (non-hydrogen) atoms. The van der Waals surface area contributed by atoms with Gasteiger partial charge in [0.05, 0.1) is 54.1 Å². The predicted molar refractivity (Wildman–Crippen MR) is 213 cm³/mol. The van der Waals surface area contributed by atoms with E-state index in [9.17, 15) is 27.6 Å². The number of nitrogens with zero attached hydrogens (tertiary/aromatic N) is 2. The Bertz CT molecular complexity index is 2150. The number of benzene rings is 1. The van der Waals surface area contributed by atoms with E-state index in [4.69, 9.17) is 19.2 Å². The van der Waals surface area contributed by atoms with Crippen LogP contribution in [0.1, 0.15) is 134 Å². The van der Waals surface area contributed by atoms with Crippen LogP contribution in [-0.4, -0.2) is 78.5 Å². The second-order valence-electron chi connectivity index (χ2n) is 18.6. The molecule has 1 saturated heterocycles. The number of esters is 1. The first kappa shape index (κ1) is 40.7. The lowest BCUT2D eigenvalue weighted by atomic mass is 9.84. The number of allylic oxidation sites excluding steroid dienone is 2. The van der Waals surface area contributed by atoms with E-state index in [0.717, 1.165) is 25.7 Å². The van der Waals surface area contributed by atoms with Gasteiger partial charge in [-0.1, -0.05) is 38.8 Å². The molecule has 8 rings (SSSR count). The number of nitrogens with one attached hydrogen (secondary N) is 1. The second kappa shape index (κ2) is 15.2. The fourth-order valence-electron chi connectivity index (χ4n) is 9.33. The maximum absolute atomic E-state index is 17.1. The van der Waals surface area contributed by atoms with E-state index in [1.165, 1.54) is 4.90 Å². The minimum Gasteiger partial charge on any atom is -0.497 e. The lowest BCUT2D eigenvalue weighted by molar-refractivity contribution is -0.151. The van der Waals surface area contributed by atoms with Crippen LogP contribution >= 0.6 is 0 Å². The third-order valence-electron chi connectivity index (χ3n) is 13.5. The summed E-state index contributed by atoms with van der Waals surface area (Å²) in [6.07, 6.45) is 8.05. The van der Waals surface area contributed by atoms with E-state index in [-0.39, 0.29) is 63.0 Å². The van der Waals surface area contributed by atoms with E-state index in [0.29, 0.717) is 65.8 Å². The number of sulfonamides is 1. The largest absolute Gasteiger partial charge is 0.497 e. The minimum atomic E-state index is -3.99. The van der Waals surface area contributed by atoms with Crippen molar-refractivity contribution in [2.45, 2.75) is 139 Å². The van der Waals surface area contributed by atoms with Crippen molar-refractivity contribution in [2.24, 2.45) is 23.2 Å². The van der Waals surface area contributed by atoms with Crippen LogP contribution in [0.4, 0.5) is 4.39 Å². The Kier molecular flexibility index (Phi) is 10.7. The molecular formula is C44H56FN3O9S. The van der Waals surface area contributed by atoms with Gasteiger partial charge in [-0.25, -0.2) is 17.8 Å². The van der Waals surface area contributed by atoms with Crippen molar-refractivity contribution in [3.05, 3.63) is 41.6 Å². The normalized spacial score (nSPS) is 31.3. The molecule has 6 atom stereocenters. The molecule has 0 unspecified atom stereocenters. The summed E-state index contributed by atoms with van der Waals surface area (Å²) >= 11 is 0. The monoisotopic (exact) mass is 821 g/mol. The van der Waals surface area contributed by atoms with Crippen molar-refractivity contribution < 1.29 is 46.2 Å². The highest BCUT2D eigenvalue weighted by Gasteiger charge is 2.64. The smallest absolute Gasteiger partial charge is 0.306 e. The van der Waals surface area contributed by atoms with Gasteiger partial charge in [-0.05, 0) is 88.3 Å². The average Bonchev–Trinajstić information content (AvgIpc) is 4.11. The van der Waals surface area contributed by atoms with Crippen molar-refractivity contribution in [3.63, 3.8) is 0 Å². The number of rotatable bonds is 9. The van der Waals surface area contributed by atoms with Gasteiger partial charge in [-0.3, -0.25) is 23.9 Å². The number of ketones is 1. The third-order valence-corrected chi connectivity index (χ3v) is 15.6. The summed E-state index contributed by atoms with van der Waals surface area (Å²) < 4.78 is 62.9. The zero-order chi connectivity index (χ0) is 41.2. The Morgan fingerprint density at radius 1 is 1.09 bits per heavy atom. The molecule has 1 spiro atoms. The van der Waals surface area contributed by atoms with Gasteiger partial charge in [-0.2, -0.15) is 0 Å². The highest BCUT2D eigenvalue weighted by Crippen LogP contribution is 2.59. The summed E-state index contributed by atoms with van der Waals surface area (Å²) in [5.41, 5.74) is -0.944. The standard InChI is InChI=1S/C44H56FN3O9S/c1-26(2)24-56-36(50)18-28-10-8-6-5-7-9-11-29-20-44(29,41(52)47-58(53,54)42(3)16-17-42)23-35(49)34-22-43(25-48(34)40(28)51)21-32(45)37-31-19-30(55-4)14-15-33(31)46-38(27-12-13-27)39(37)57-43/h9,11,14-15,19,26-29,32,34H,5-8,10,12-13,16-18,20-25H2,1-4H3,(H,47,52)/b11-9-/t28-,29-,32-,34+,43-,44-/m1/s1. The Morgan fingerprint density at radius 3 is 2.57 bits per heavy atom. The van der Waals surface area contributed by atoms with Crippen LogP contribution in [0.15, 0.2) is 30.4 Å². The summed E-state index contributed by atoms with van der Waals surface area (Å²) in [5.74, 6) is -2.10. The van der Waals surface area contributed by atoms with Crippen molar-refractivity contribution in [1.82, 2.24) is 14.6 Å². The minimum absolute atomic E-state index is 0.0310. The van der Waals surface area contributed by atoms with Crippen LogP contribution in [0.25, 0.3) is 10.9 Å². The highest BCUT2D eigenvalue weighted by molar-refractivity contribution is 7.91. The fraction of sp³-hybridized carbons (Fsp3) is 0.659. The number of amides is 2. The number of Topliss-reactive ketones (excluding diaryl/α,β-unsaturated/α-hetero) is 1. The Hall–Kier alpha value is -4.07. The number of carbonyl (C=O) groups excluding carboxylic acids is 4. The molecule has 314 valence electrons. The number of alkyl halides is 1. The number of hydrogen-bond donors (Lipinski definition) is 1. The van der Waals surface area contributed by atoms with Gasteiger partial charge in [0.25, 0.3) is 0 Å². The molecule has 4 fully saturated rings. The van der Waals surface area contributed by atoms with E-state index >= 15 is 4.39 Å². The molecule has 14 heteroatoms. The Labute approximate surface area is 340 Å². The maximum Gasteiger partial charge on any atom is 0.306 e. The van der Waals surface area contributed by atoms with Gasteiger partial charge in [0, 0.05) is 42.0 Å².